The number of aliphatic hydroxyl groups excluding tert-OH is 1. The van der Waals surface area contributed by atoms with Gasteiger partial charge in [-0.3, -0.25) is 0 Å². The smallest absolute Gasteiger partial charge is 0.425 e. The van der Waals surface area contributed by atoms with Crippen LogP contribution in [0.1, 0.15) is 64.3 Å². The number of esters is 2. The summed E-state index contributed by atoms with van der Waals surface area (Å²) in [5, 5.41) is 24.2. The molecular weight excluding hydrogens is 1240 g/mol. The minimum absolute atomic E-state index is 0.0172. The molecule has 3 atom stereocenters. The van der Waals surface area contributed by atoms with E-state index < -0.39 is 154 Å². The van der Waals surface area contributed by atoms with E-state index in [1.54, 1.807) is 0 Å². The fraction of sp³-hybridized carbons (Fsp3) is 0.261. The Morgan fingerprint density at radius 1 is 0.494 bits per heavy atom. The van der Waals surface area contributed by atoms with Gasteiger partial charge in [-0.25, -0.2) is 49.9 Å². The van der Waals surface area contributed by atoms with Crippen LogP contribution in [-0.2, 0) is 11.2 Å². The number of benzene rings is 5. The summed E-state index contributed by atoms with van der Waals surface area (Å²) in [4.78, 5) is 43.4. The summed E-state index contributed by atoms with van der Waals surface area (Å²) in [6.07, 6.45) is -18.2. The SMILES string of the molecule is CC(F)(F)C(=O)Oc1c(F)c(F)c(F)c(F)c1F.CC(O)C(F)(F)F.C[C@@H](Cc1ccc(C(=O)Oc2c(F)c(F)c(F)c(F)c2F)cc1Cl)C(F)(F)F.C[C@@H](Oc1ccc(C(=O)O)cc1Cl)C(F)(F)F.O=C(O)c1ccc(F)c(Cl)c1. The van der Waals surface area contributed by atoms with Gasteiger partial charge in [0.2, 0.25) is 69.7 Å². The molecular formula is C46H29Cl3F22O10. The van der Waals surface area contributed by atoms with Crippen molar-refractivity contribution in [2.75, 3.05) is 0 Å². The van der Waals surface area contributed by atoms with Crippen LogP contribution in [0, 0.1) is 69.9 Å². The first-order chi connectivity index (χ1) is 36.7. The van der Waals surface area contributed by atoms with E-state index in [2.05, 4.69) is 14.2 Å². The molecule has 5 aromatic rings. The lowest BCUT2D eigenvalue weighted by atomic mass is 9.99. The Labute approximate surface area is 452 Å². The highest BCUT2D eigenvalue weighted by Gasteiger charge is 2.40. The van der Waals surface area contributed by atoms with Gasteiger partial charge in [0.05, 0.1) is 32.7 Å². The molecule has 3 N–H and O–H groups in total. The lowest BCUT2D eigenvalue weighted by Crippen LogP contribution is -2.31. The molecule has 5 rings (SSSR count). The molecule has 1 unspecified atom stereocenters. The van der Waals surface area contributed by atoms with Crippen LogP contribution in [0.25, 0.3) is 0 Å². The van der Waals surface area contributed by atoms with E-state index in [1.807, 2.05) is 0 Å². The van der Waals surface area contributed by atoms with Crippen molar-refractivity contribution >= 4 is 58.7 Å². The standard InChI is InChI=1S/C17H9ClF8O2.C10H8ClF3O3.C9H3F7O2.C7H4ClFO2.C3H5F3O/c1-6(17(24,25)26)4-7-2-3-8(5-9(7)18)16(27)28-15-13(22)11(20)10(19)12(21)14(15)23;1-5(10(12,13)14)17-8-3-2-6(9(15)16)4-7(8)11;1-9(15,16)8(17)18-7-5(13)3(11)2(10)4(12)6(7)14;8-5-3-4(7(10)11)1-2-6(5)9;1-2(7)3(4,5)6/h2-3,5-6H,4H2,1H3;2-5H,1H3,(H,15,16);1H3;1-3H,(H,10,11);2,7H,1H3/t6-;5-;;;/m01.../s1. The van der Waals surface area contributed by atoms with E-state index in [1.165, 1.54) is 0 Å². The van der Waals surface area contributed by atoms with Crippen molar-refractivity contribution in [2.45, 2.75) is 70.8 Å². The van der Waals surface area contributed by atoms with Crippen LogP contribution in [0.2, 0.25) is 15.1 Å². The molecule has 448 valence electrons. The number of halogens is 25. The molecule has 0 heterocycles. The normalized spacial score (nSPS) is 12.5. The summed E-state index contributed by atoms with van der Waals surface area (Å²) in [5.41, 5.74) is -0.588. The lowest BCUT2D eigenvalue weighted by molar-refractivity contribution is -0.197. The van der Waals surface area contributed by atoms with E-state index in [9.17, 15) is 116 Å². The van der Waals surface area contributed by atoms with Gasteiger partial charge in [0.25, 0.3) is 0 Å². The van der Waals surface area contributed by atoms with Crippen molar-refractivity contribution in [3.05, 3.63) is 156 Å². The molecule has 0 aliphatic rings. The summed E-state index contributed by atoms with van der Waals surface area (Å²) in [5.74, 6) is -41.0. The van der Waals surface area contributed by atoms with Crippen molar-refractivity contribution in [3.63, 3.8) is 0 Å². The molecule has 0 saturated carbocycles. The van der Waals surface area contributed by atoms with Crippen LogP contribution in [0.5, 0.6) is 17.2 Å². The molecule has 0 saturated heterocycles. The summed E-state index contributed by atoms with van der Waals surface area (Å²) in [6, 6.07) is 9.34. The molecule has 0 aliphatic carbocycles. The first-order valence-corrected chi connectivity index (χ1v) is 21.7. The Morgan fingerprint density at radius 2 is 0.852 bits per heavy atom. The van der Waals surface area contributed by atoms with Crippen molar-refractivity contribution in [3.8, 4) is 17.2 Å². The van der Waals surface area contributed by atoms with Crippen molar-refractivity contribution < 1.29 is 145 Å². The average Bonchev–Trinajstić information content (AvgIpc) is 3.37. The number of hydrogen-bond acceptors (Lipinski definition) is 8. The van der Waals surface area contributed by atoms with Gasteiger partial charge in [-0.15, -0.1) is 0 Å². The van der Waals surface area contributed by atoms with Crippen LogP contribution < -0.4 is 14.2 Å². The third-order valence-electron chi connectivity index (χ3n) is 9.04. The van der Waals surface area contributed by atoms with Gasteiger partial charge in [0.15, 0.2) is 6.10 Å². The second-order valence-electron chi connectivity index (χ2n) is 15.3. The predicted octanol–water partition coefficient (Wildman–Crippen LogP) is 15.4. The van der Waals surface area contributed by atoms with Gasteiger partial charge in [-0.05, 0) is 74.4 Å². The van der Waals surface area contributed by atoms with Gasteiger partial charge >= 0.3 is 48.3 Å². The minimum Gasteiger partial charge on any atom is -0.480 e. The Morgan fingerprint density at radius 3 is 1.19 bits per heavy atom. The van der Waals surface area contributed by atoms with Gasteiger partial charge in [-0.1, -0.05) is 47.8 Å². The number of alkyl halides is 11. The maximum atomic E-state index is 13.5. The van der Waals surface area contributed by atoms with E-state index in [0.717, 1.165) is 68.4 Å². The second-order valence-corrected chi connectivity index (χ2v) is 16.5. The average molecular weight is 1270 g/mol. The van der Waals surface area contributed by atoms with Gasteiger partial charge < -0.3 is 29.5 Å². The molecule has 81 heavy (non-hydrogen) atoms. The Bertz CT molecular complexity index is 3020. The number of ether oxygens (including phenoxy) is 3. The maximum absolute atomic E-state index is 13.5. The summed E-state index contributed by atoms with van der Waals surface area (Å²) >= 11 is 16.7. The number of carbonyl (C=O) groups is 4. The molecule has 35 heteroatoms. The molecule has 10 nitrogen and oxygen atoms in total. The van der Waals surface area contributed by atoms with E-state index in [0.29, 0.717) is 6.92 Å². The monoisotopic (exact) mass is 1260 g/mol. The topological polar surface area (TPSA) is 157 Å². The quantitative estimate of drug-likeness (QED) is 0.0404. The molecule has 0 bridgehead atoms. The lowest BCUT2D eigenvalue weighted by Gasteiger charge is -2.18. The van der Waals surface area contributed by atoms with E-state index in [4.69, 9.17) is 50.1 Å². The maximum Gasteiger partial charge on any atom is 0.425 e. The number of aromatic carboxylic acids is 2. The van der Waals surface area contributed by atoms with Crippen LogP contribution in [0.4, 0.5) is 96.6 Å². The minimum atomic E-state index is -4.51. The van der Waals surface area contributed by atoms with Crippen LogP contribution in [-0.4, -0.2) is 75.9 Å². The Hall–Kier alpha value is -6.93. The van der Waals surface area contributed by atoms with Crippen molar-refractivity contribution in [2.24, 2.45) is 5.92 Å². The highest BCUT2D eigenvalue weighted by molar-refractivity contribution is 6.32. The number of rotatable bonds is 10. The molecule has 0 fully saturated rings. The van der Waals surface area contributed by atoms with Crippen molar-refractivity contribution in [1.82, 2.24) is 0 Å². The van der Waals surface area contributed by atoms with Gasteiger partial charge in [-0.2, -0.15) is 65.9 Å². The molecule has 0 aliphatic heterocycles. The van der Waals surface area contributed by atoms with Crippen molar-refractivity contribution in [1.29, 1.82) is 0 Å². The fourth-order valence-electron chi connectivity index (χ4n) is 4.58. The Balaban J connectivity index is 0.000000541. The number of carboxylic acids is 2. The molecule has 0 aromatic heterocycles. The summed E-state index contributed by atoms with van der Waals surface area (Å²) in [6.45, 7) is 2.46. The van der Waals surface area contributed by atoms with Crippen LogP contribution in [0.15, 0.2) is 54.6 Å². The summed E-state index contributed by atoms with van der Waals surface area (Å²) < 4.78 is 287. The zero-order valence-corrected chi connectivity index (χ0v) is 42.1. The third-order valence-corrected chi connectivity index (χ3v) is 9.98. The first kappa shape index (κ1) is 72.1. The zero-order chi connectivity index (χ0) is 63.4. The number of aliphatic hydroxyl groups is 1. The van der Waals surface area contributed by atoms with E-state index in [-0.39, 0.29) is 44.4 Å². The first-order valence-electron chi connectivity index (χ1n) is 20.6. The zero-order valence-electron chi connectivity index (χ0n) is 39.8. The number of hydrogen-bond donors (Lipinski definition) is 3. The molecule has 0 radical (unpaired) electrons. The highest BCUT2D eigenvalue weighted by Crippen LogP contribution is 2.35. The summed E-state index contributed by atoms with van der Waals surface area (Å²) in [7, 11) is 0. The number of carboxylic acid groups (broad SMARTS) is 2. The van der Waals surface area contributed by atoms with Gasteiger partial charge in [0, 0.05) is 11.9 Å². The fourth-order valence-corrected chi connectivity index (χ4v) is 5.25. The molecule has 0 amide bonds. The number of carbonyl (C=O) groups excluding carboxylic acids is 2. The third kappa shape index (κ3) is 21.2. The van der Waals surface area contributed by atoms with Crippen LogP contribution >= 0.6 is 34.8 Å². The Kier molecular flexibility index (Phi) is 26.0. The highest BCUT2D eigenvalue weighted by atomic mass is 35.5. The largest absolute Gasteiger partial charge is 0.480 e. The second kappa shape index (κ2) is 29.2. The molecule has 5 aromatic carbocycles. The van der Waals surface area contributed by atoms with Crippen LogP contribution in [0.3, 0.4) is 0 Å². The van der Waals surface area contributed by atoms with Gasteiger partial charge in [0.1, 0.15) is 17.7 Å². The molecule has 0 spiro atoms. The van der Waals surface area contributed by atoms with E-state index >= 15 is 0 Å². The predicted molar refractivity (Wildman–Crippen MR) is 235 cm³/mol.